The zero-order valence-electron chi connectivity index (χ0n) is 7.10. The van der Waals surface area contributed by atoms with Gasteiger partial charge in [-0.15, -0.1) is 0 Å². The summed E-state index contributed by atoms with van der Waals surface area (Å²) < 4.78 is 0. The van der Waals surface area contributed by atoms with Gasteiger partial charge in [0.05, 0.1) is 17.4 Å². The van der Waals surface area contributed by atoms with E-state index in [0.717, 1.165) is 18.8 Å². The van der Waals surface area contributed by atoms with Gasteiger partial charge in [0.1, 0.15) is 0 Å². The number of pyridine rings is 1. The number of carboxylic acids is 1. The third-order valence-electron chi connectivity index (χ3n) is 2.19. The summed E-state index contributed by atoms with van der Waals surface area (Å²) in [4.78, 5) is 16.6. The predicted octanol–water partition coefficient (Wildman–Crippen LogP) is 0.990. The van der Waals surface area contributed by atoms with Gasteiger partial charge in [0.2, 0.25) is 0 Å². The van der Waals surface area contributed by atoms with Gasteiger partial charge in [-0.25, -0.2) is 4.79 Å². The monoisotopic (exact) mass is 178 g/mol. The number of carboxylic acid groups (broad SMARTS) is 1. The summed E-state index contributed by atoms with van der Waals surface area (Å²) in [6.07, 6.45) is 4.24. The Hall–Kier alpha value is -1.58. The van der Waals surface area contributed by atoms with E-state index < -0.39 is 5.97 Å². The van der Waals surface area contributed by atoms with Gasteiger partial charge in [0.15, 0.2) is 0 Å². The molecule has 0 aromatic carbocycles. The highest BCUT2D eigenvalue weighted by Gasteiger charge is 2.15. The summed E-state index contributed by atoms with van der Waals surface area (Å²) in [5, 5.41) is 8.72. The molecule has 0 unspecified atom stereocenters. The molecule has 68 valence electrons. The number of nitrogens with zero attached hydrogens (tertiary/aromatic N) is 2. The molecule has 0 aliphatic carbocycles. The minimum atomic E-state index is -0.921. The van der Waals surface area contributed by atoms with Gasteiger partial charge < -0.3 is 10.0 Å². The molecule has 2 rings (SSSR count). The molecule has 1 aliphatic rings. The molecule has 2 heterocycles. The van der Waals surface area contributed by atoms with Gasteiger partial charge in [-0.2, -0.15) is 0 Å². The van der Waals surface area contributed by atoms with E-state index in [1.165, 1.54) is 12.6 Å². The van der Waals surface area contributed by atoms with Gasteiger partial charge >= 0.3 is 5.97 Å². The molecule has 0 spiro atoms. The average molecular weight is 178 g/mol. The van der Waals surface area contributed by atoms with Crippen molar-refractivity contribution >= 4 is 11.7 Å². The summed E-state index contributed by atoms with van der Waals surface area (Å²) in [6, 6.07) is 1.66. The van der Waals surface area contributed by atoms with E-state index >= 15 is 0 Å². The number of hydrogen-bond acceptors (Lipinski definition) is 3. The minimum Gasteiger partial charge on any atom is -0.478 e. The van der Waals surface area contributed by atoms with Crippen molar-refractivity contribution in [2.75, 3.05) is 18.0 Å². The van der Waals surface area contributed by atoms with Crippen molar-refractivity contribution in [3.63, 3.8) is 0 Å². The van der Waals surface area contributed by atoms with E-state index in [-0.39, 0.29) is 5.56 Å². The molecular formula is C9H10N2O2. The van der Waals surface area contributed by atoms with Crippen LogP contribution < -0.4 is 4.90 Å². The van der Waals surface area contributed by atoms with Crippen LogP contribution in [0.15, 0.2) is 18.5 Å². The largest absolute Gasteiger partial charge is 0.478 e. The third-order valence-corrected chi connectivity index (χ3v) is 2.19. The Morgan fingerprint density at radius 2 is 2.23 bits per heavy atom. The van der Waals surface area contributed by atoms with E-state index in [4.69, 9.17) is 5.11 Å². The first-order valence-corrected chi connectivity index (χ1v) is 4.20. The third kappa shape index (κ3) is 1.47. The van der Waals surface area contributed by atoms with E-state index in [1.807, 2.05) is 0 Å². The summed E-state index contributed by atoms with van der Waals surface area (Å²) >= 11 is 0. The van der Waals surface area contributed by atoms with Crippen LogP contribution in [-0.2, 0) is 0 Å². The zero-order valence-corrected chi connectivity index (χ0v) is 7.10. The molecule has 4 heteroatoms. The summed E-state index contributed by atoms with van der Waals surface area (Å²) in [5.74, 6) is -0.921. The van der Waals surface area contributed by atoms with Gasteiger partial charge in [-0.05, 0) is 12.5 Å². The Bertz CT molecular complexity index is 334. The van der Waals surface area contributed by atoms with Crippen LogP contribution in [0.1, 0.15) is 16.8 Å². The molecule has 1 aliphatic heterocycles. The van der Waals surface area contributed by atoms with Crippen LogP contribution in [-0.4, -0.2) is 29.1 Å². The van der Waals surface area contributed by atoms with Crippen LogP contribution in [0.25, 0.3) is 0 Å². The second-order valence-electron chi connectivity index (χ2n) is 3.08. The van der Waals surface area contributed by atoms with Crippen molar-refractivity contribution in [1.29, 1.82) is 0 Å². The first kappa shape index (κ1) is 8.04. The highest BCUT2D eigenvalue weighted by molar-refractivity contribution is 5.88. The first-order valence-electron chi connectivity index (χ1n) is 4.20. The van der Waals surface area contributed by atoms with Crippen molar-refractivity contribution in [3.05, 3.63) is 24.0 Å². The van der Waals surface area contributed by atoms with Crippen molar-refractivity contribution in [3.8, 4) is 0 Å². The molecule has 0 atom stereocenters. The normalized spacial score (nSPS) is 15.2. The first-order chi connectivity index (χ1) is 6.27. The van der Waals surface area contributed by atoms with Crippen LogP contribution in [0.3, 0.4) is 0 Å². The maximum absolute atomic E-state index is 10.6. The minimum absolute atomic E-state index is 0.254. The van der Waals surface area contributed by atoms with E-state index in [1.54, 1.807) is 12.3 Å². The van der Waals surface area contributed by atoms with Gasteiger partial charge in [-0.3, -0.25) is 4.98 Å². The molecule has 1 aromatic rings. The molecule has 1 fully saturated rings. The fourth-order valence-corrected chi connectivity index (χ4v) is 1.29. The zero-order chi connectivity index (χ0) is 9.26. The molecule has 1 aromatic heterocycles. The lowest BCUT2D eigenvalue weighted by molar-refractivity contribution is 0.0696. The Morgan fingerprint density at radius 1 is 1.46 bits per heavy atom. The predicted molar refractivity (Wildman–Crippen MR) is 48.0 cm³/mol. The molecule has 1 N–H and O–H groups in total. The topological polar surface area (TPSA) is 53.4 Å². The molecule has 0 saturated carbocycles. The van der Waals surface area contributed by atoms with E-state index in [0.29, 0.717) is 0 Å². The molecule has 1 saturated heterocycles. The van der Waals surface area contributed by atoms with Crippen LogP contribution in [0, 0.1) is 0 Å². The summed E-state index contributed by atoms with van der Waals surface area (Å²) in [5.41, 5.74) is 1.16. The summed E-state index contributed by atoms with van der Waals surface area (Å²) in [6.45, 7) is 2.01. The molecule has 0 radical (unpaired) electrons. The van der Waals surface area contributed by atoms with Crippen LogP contribution in [0.5, 0.6) is 0 Å². The Balaban J connectivity index is 2.26. The Morgan fingerprint density at radius 3 is 2.77 bits per heavy atom. The van der Waals surface area contributed by atoms with Gasteiger partial charge in [-0.1, -0.05) is 0 Å². The number of rotatable bonds is 2. The molecule has 0 amide bonds. The van der Waals surface area contributed by atoms with Crippen molar-refractivity contribution in [2.24, 2.45) is 0 Å². The van der Waals surface area contributed by atoms with Crippen LogP contribution >= 0.6 is 0 Å². The number of carbonyl (C=O) groups is 1. The molecule has 0 bridgehead atoms. The second kappa shape index (κ2) is 3.05. The second-order valence-corrected chi connectivity index (χ2v) is 3.08. The molecule has 13 heavy (non-hydrogen) atoms. The van der Waals surface area contributed by atoms with Crippen molar-refractivity contribution < 1.29 is 9.90 Å². The highest BCUT2D eigenvalue weighted by Crippen LogP contribution is 2.19. The van der Waals surface area contributed by atoms with Crippen molar-refractivity contribution in [2.45, 2.75) is 6.42 Å². The highest BCUT2D eigenvalue weighted by atomic mass is 16.4. The van der Waals surface area contributed by atoms with Crippen LogP contribution in [0.4, 0.5) is 5.69 Å². The number of hydrogen-bond donors (Lipinski definition) is 1. The number of aromatic carboxylic acids is 1. The fourth-order valence-electron chi connectivity index (χ4n) is 1.29. The smallest absolute Gasteiger partial charge is 0.337 e. The Kier molecular flexibility index (Phi) is 1.88. The quantitative estimate of drug-likeness (QED) is 0.733. The lowest BCUT2D eigenvalue weighted by Crippen LogP contribution is -2.37. The SMILES string of the molecule is O=C(O)c1cncc(N2CCC2)c1. The van der Waals surface area contributed by atoms with Gasteiger partial charge in [0, 0.05) is 19.3 Å². The van der Waals surface area contributed by atoms with Gasteiger partial charge in [0.25, 0.3) is 0 Å². The average Bonchev–Trinajstić information content (AvgIpc) is 2.01. The van der Waals surface area contributed by atoms with E-state index in [9.17, 15) is 4.79 Å². The summed E-state index contributed by atoms with van der Waals surface area (Å²) in [7, 11) is 0. The number of anilines is 1. The van der Waals surface area contributed by atoms with E-state index in [2.05, 4.69) is 9.88 Å². The Labute approximate surface area is 75.8 Å². The molecular weight excluding hydrogens is 168 g/mol. The fraction of sp³-hybridized carbons (Fsp3) is 0.333. The molecule has 4 nitrogen and oxygen atoms in total. The van der Waals surface area contributed by atoms with Crippen molar-refractivity contribution in [1.82, 2.24) is 4.98 Å². The lowest BCUT2D eigenvalue weighted by Gasteiger charge is -2.32. The van der Waals surface area contributed by atoms with Crippen LogP contribution in [0.2, 0.25) is 0 Å². The maximum Gasteiger partial charge on any atom is 0.337 e. The lowest BCUT2D eigenvalue weighted by atomic mass is 10.2. The number of aromatic nitrogens is 1. The maximum atomic E-state index is 10.6. The standard InChI is InChI=1S/C9H10N2O2/c12-9(13)7-4-8(6-10-5-7)11-2-1-3-11/h4-6H,1-3H2,(H,12,13).